The van der Waals surface area contributed by atoms with Crippen molar-refractivity contribution < 1.29 is 14.3 Å². The van der Waals surface area contributed by atoms with Crippen molar-refractivity contribution >= 4 is 16.8 Å². The second-order valence-electron chi connectivity index (χ2n) is 7.09. The van der Waals surface area contributed by atoms with Gasteiger partial charge in [-0.2, -0.15) is 0 Å². The van der Waals surface area contributed by atoms with E-state index in [0.29, 0.717) is 34.6 Å². The molecule has 1 aliphatic carbocycles. The van der Waals surface area contributed by atoms with Gasteiger partial charge in [0.15, 0.2) is 11.5 Å². The number of carbonyl (C=O) groups excluding carboxylic acids is 1. The molecule has 1 aliphatic rings. The molecule has 1 unspecified atom stereocenters. The van der Waals surface area contributed by atoms with E-state index < -0.39 is 0 Å². The average molecular weight is 393 g/mol. The molecular formula is C22H23N3O4. The third-order valence-electron chi connectivity index (χ3n) is 5.31. The summed E-state index contributed by atoms with van der Waals surface area (Å²) in [4.78, 5) is 31.9. The summed E-state index contributed by atoms with van der Waals surface area (Å²) in [5.41, 5.74) is 2.68. The number of para-hydroxylation sites is 1. The zero-order valence-electron chi connectivity index (χ0n) is 16.5. The lowest BCUT2D eigenvalue weighted by molar-refractivity contribution is -0.121. The van der Waals surface area contributed by atoms with Gasteiger partial charge >= 0.3 is 0 Å². The van der Waals surface area contributed by atoms with Crippen LogP contribution in [0.25, 0.3) is 10.9 Å². The first-order chi connectivity index (χ1) is 14.1. The van der Waals surface area contributed by atoms with Gasteiger partial charge in [-0.15, -0.1) is 0 Å². The zero-order valence-corrected chi connectivity index (χ0v) is 16.5. The molecule has 150 valence electrons. The smallest absolute Gasteiger partial charge is 0.258 e. The number of aromatic nitrogens is 2. The van der Waals surface area contributed by atoms with Gasteiger partial charge in [0.25, 0.3) is 5.56 Å². The number of methoxy groups -OCH3 is 2. The molecule has 1 atom stereocenters. The maximum absolute atomic E-state index is 12.5. The van der Waals surface area contributed by atoms with E-state index in [1.807, 2.05) is 18.2 Å². The standard InChI is InChI=1S/C22H23N3O4/c1-28-18-11-13-7-8-17(15(13)12-19(18)29-2)24-21(26)10-9-20-23-16-6-4-3-5-14(16)22(27)25-20/h3-6,11-12,17H,7-10H2,1-2H3,(H,24,26)(H,23,25,27). The summed E-state index contributed by atoms with van der Waals surface area (Å²) in [6.07, 6.45) is 2.33. The molecule has 7 nitrogen and oxygen atoms in total. The van der Waals surface area contributed by atoms with Crippen molar-refractivity contribution in [1.82, 2.24) is 15.3 Å². The van der Waals surface area contributed by atoms with Crippen molar-refractivity contribution in [3.8, 4) is 11.5 Å². The van der Waals surface area contributed by atoms with Gasteiger partial charge in [0, 0.05) is 12.8 Å². The second kappa shape index (κ2) is 7.95. The largest absolute Gasteiger partial charge is 0.493 e. The summed E-state index contributed by atoms with van der Waals surface area (Å²) in [6, 6.07) is 11.0. The molecule has 2 aromatic carbocycles. The summed E-state index contributed by atoms with van der Waals surface area (Å²) in [7, 11) is 3.22. The van der Waals surface area contributed by atoms with Crippen LogP contribution >= 0.6 is 0 Å². The number of H-pyrrole nitrogens is 1. The zero-order chi connectivity index (χ0) is 20.4. The lowest BCUT2D eigenvalue weighted by Gasteiger charge is -2.16. The average Bonchev–Trinajstić information content (AvgIpc) is 3.12. The maximum atomic E-state index is 12.5. The first kappa shape index (κ1) is 19.0. The number of benzene rings is 2. The molecule has 1 aromatic heterocycles. The van der Waals surface area contributed by atoms with E-state index in [1.165, 1.54) is 0 Å². The van der Waals surface area contributed by atoms with Crippen LogP contribution in [0.15, 0.2) is 41.2 Å². The van der Waals surface area contributed by atoms with Gasteiger partial charge in [-0.3, -0.25) is 9.59 Å². The molecule has 4 rings (SSSR count). The van der Waals surface area contributed by atoms with Crippen LogP contribution in [0, 0.1) is 0 Å². The number of fused-ring (bicyclic) bond motifs is 2. The fraction of sp³-hybridized carbons (Fsp3) is 0.318. The van der Waals surface area contributed by atoms with E-state index in [-0.39, 0.29) is 23.9 Å². The third kappa shape index (κ3) is 3.81. The van der Waals surface area contributed by atoms with Gasteiger partial charge in [0.1, 0.15) is 5.82 Å². The predicted octanol–water partition coefficient (Wildman–Crippen LogP) is 2.68. The Labute approximate surface area is 168 Å². The molecule has 1 amide bonds. The van der Waals surface area contributed by atoms with Crippen LogP contribution in [0.3, 0.4) is 0 Å². The van der Waals surface area contributed by atoms with Crippen molar-refractivity contribution in [1.29, 1.82) is 0 Å². The molecule has 0 bridgehead atoms. The van der Waals surface area contributed by atoms with Crippen molar-refractivity contribution in [3.63, 3.8) is 0 Å². The summed E-state index contributed by atoms with van der Waals surface area (Å²) in [5, 5.41) is 3.64. The van der Waals surface area contributed by atoms with Gasteiger partial charge in [0.2, 0.25) is 5.91 Å². The van der Waals surface area contributed by atoms with Crippen LogP contribution < -0.4 is 20.3 Å². The number of ether oxygens (including phenoxy) is 2. The van der Waals surface area contributed by atoms with Gasteiger partial charge in [-0.25, -0.2) is 4.98 Å². The van der Waals surface area contributed by atoms with Crippen molar-refractivity contribution in [2.75, 3.05) is 14.2 Å². The van der Waals surface area contributed by atoms with E-state index in [0.717, 1.165) is 24.0 Å². The van der Waals surface area contributed by atoms with Crippen LogP contribution in [-0.4, -0.2) is 30.1 Å². The lowest BCUT2D eigenvalue weighted by atomic mass is 10.1. The van der Waals surface area contributed by atoms with E-state index in [2.05, 4.69) is 15.3 Å². The second-order valence-corrected chi connectivity index (χ2v) is 7.09. The minimum atomic E-state index is -0.184. The molecule has 0 saturated heterocycles. The number of hydrogen-bond donors (Lipinski definition) is 2. The summed E-state index contributed by atoms with van der Waals surface area (Å²) in [5.74, 6) is 1.80. The van der Waals surface area contributed by atoms with Gasteiger partial charge in [-0.1, -0.05) is 12.1 Å². The Morgan fingerprint density at radius 1 is 1.21 bits per heavy atom. The summed E-state index contributed by atoms with van der Waals surface area (Å²) < 4.78 is 10.7. The highest BCUT2D eigenvalue weighted by molar-refractivity contribution is 5.78. The van der Waals surface area contributed by atoms with Crippen LogP contribution in [0.4, 0.5) is 0 Å². The highest BCUT2D eigenvalue weighted by atomic mass is 16.5. The first-order valence-electron chi connectivity index (χ1n) is 9.61. The Bertz CT molecular complexity index is 1120. The molecule has 0 radical (unpaired) electrons. The van der Waals surface area contributed by atoms with Gasteiger partial charge in [-0.05, 0) is 48.2 Å². The number of aryl methyl sites for hydroxylation is 2. The SMILES string of the molecule is COc1cc2c(cc1OC)C(NC(=O)CCc1nc3ccccc3c(=O)[nH]1)CC2. The van der Waals surface area contributed by atoms with Gasteiger partial charge < -0.3 is 19.8 Å². The van der Waals surface area contributed by atoms with Crippen LogP contribution in [0.2, 0.25) is 0 Å². The van der Waals surface area contributed by atoms with Crippen molar-refractivity contribution in [2.24, 2.45) is 0 Å². The Hall–Kier alpha value is -3.35. The molecule has 0 aliphatic heterocycles. The van der Waals surface area contributed by atoms with E-state index >= 15 is 0 Å². The minimum Gasteiger partial charge on any atom is -0.493 e. The van der Waals surface area contributed by atoms with E-state index in [4.69, 9.17) is 9.47 Å². The third-order valence-corrected chi connectivity index (χ3v) is 5.31. The number of aromatic amines is 1. The molecule has 7 heteroatoms. The molecule has 0 spiro atoms. The number of carbonyl (C=O) groups is 1. The number of amides is 1. The fourth-order valence-corrected chi connectivity index (χ4v) is 3.83. The van der Waals surface area contributed by atoms with Gasteiger partial charge in [0.05, 0.1) is 31.2 Å². The molecule has 0 fully saturated rings. The van der Waals surface area contributed by atoms with Crippen LogP contribution in [0.5, 0.6) is 11.5 Å². The van der Waals surface area contributed by atoms with Crippen molar-refractivity contribution in [3.05, 3.63) is 63.7 Å². The lowest BCUT2D eigenvalue weighted by Crippen LogP contribution is -2.27. The number of rotatable bonds is 6. The first-order valence-corrected chi connectivity index (χ1v) is 9.61. The van der Waals surface area contributed by atoms with E-state index in [9.17, 15) is 9.59 Å². The fourth-order valence-electron chi connectivity index (χ4n) is 3.83. The highest BCUT2D eigenvalue weighted by Crippen LogP contribution is 2.39. The molecule has 0 saturated carbocycles. The quantitative estimate of drug-likeness (QED) is 0.672. The monoisotopic (exact) mass is 393 g/mol. The molecular weight excluding hydrogens is 370 g/mol. The molecule has 2 N–H and O–H groups in total. The molecule has 3 aromatic rings. The number of nitrogens with one attached hydrogen (secondary N) is 2. The molecule has 29 heavy (non-hydrogen) atoms. The minimum absolute atomic E-state index is 0.0547. The Balaban J connectivity index is 1.43. The number of hydrogen-bond acceptors (Lipinski definition) is 5. The Morgan fingerprint density at radius 3 is 2.76 bits per heavy atom. The normalized spacial score (nSPS) is 15.2. The van der Waals surface area contributed by atoms with Crippen LogP contribution in [-0.2, 0) is 17.6 Å². The van der Waals surface area contributed by atoms with Crippen LogP contribution in [0.1, 0.15) is 35.8 Å². The summed E-state index contributed by atoms with van der Waals surface area (Å²) in [6.45, 7) is 0. The van der Waals surface area contributed by atoms with E-state index in [1.54, 1.807) is 32.4 Å². The predicted molar refractivity (Wildman–Crippen MR) is 109 cm³/mol. The topological polar surface area (TPSA) is 93.3 Å². The Morgan fingerprint density at radius 2 is 1.97 bits per heavy atom. The summed E-state index contributed by atoms with van der Waals surface area (Å²) >= 11 is 0. The highest BCUT2D eigenvalue weighted by Gasteiger charge is 2.26. The molecule has 1 heterocycles. The maximum Gasteiger partial charge on any atom is 0.258 e. The Kier molecular flexibility index (Phi) is 5.20. The van der Waals surface area contributed by atoms with Crippen molar-refractivity contribution in [2.45, 2.75) is 31.7 Å². The number of nitrogens with zero attached hydrogens (tertiary/aromatic N) is 1.